The summed E-state index contributed by atoms with van der Waals surface area (Å²) < 4.78 is 0. The highest BCUT2D eigenvalue weighted by molar-refractivity contribution is 7.12. The van der Waals surface area contributed by atoms with Gasteiger partial charge in [-0.3, -0.25) is 14.4 Å². The number of thiophene rings is 1. The molecule has 0 aliphatic carbocycles. The second kappa shape index (κ2) is 7.75. The Morgan fingerprint density at radius 3 is 2.75 bits per heavy atom. The van der Waals surface area contributed by atoms with Crippen molar-refractivity contribution in [3.63, 3.8) is 0 Å². The van der Waals surface area contributed by atoms with Crippen LogP contribution in [0.1, 0.15) is 27.2 Å². The first-order valence-electron chi connectivity index (χ1n) is 9.49. The molecule has 1 aromatic carbocycles. The second-order valence-electron chi connectivity index (χ2n) is 7.34. The van der Waals surface area contributed by atoms with Gasteiger partial charge in [-0.2, -0.15) is 0 Å². The van der Waals surface area contributed by atoms with E-state index in [0.29, 0.717) is 37.5 Å². The lowest BCUT2D eigenvalue weighted by Gasteiger charge is -2.39. The van der Waals surface area contributed by atoms with Crippen LogP contribution < -0.4 is 0 Å². The Bertz CT molecular complexity index is 896. The molecular weight excluding hydrogens is 374 g/mol. The molecular formula is C21H23N3O3S. The van der Waals surface area contributed by atoms with Gasteiger partial charge in [0, 0.05) is 26.2 Å². The average molecular weight is 398 g/mol. The lowest BCUT2D eigenvalue weighted by Crippen LogP contribution is -2.59. The molecule has 2 saturated heterocycles. The third-order valence-electron chi connectivity index (χ3n) is 5.38. The van der Waals surface area contributed by atoms with E-state index in [4.69, 9.17) is 0 Å². The lowest BCUT2D eigenvalue weighted by atomic mass is 10.1. The lowest BCUT2D eigenvalue weighted by molar-refractivity contribution is -0.156. The molecule has 0 bridgehead atoms. The summed E-state index contributed by atoms with van der Waals surface area (Å²) in [5.74, 6) is -0.0828. The van der Waals surface area contributed by atoms with E-state index >= 15 is 0 Å². The van der Waals surface area contributed by atoms with Crippen molar-refractivity contribution in [2.45, 2.75) is 25.9 Å². The van der Waals surface area contributed by atoms with Gasteiger partial charge < -0.3 is 14.7 Å². The maximum atomic E-state index is 13.1. The largest absolute Gasteiger partial charge is 0.336 e. The van der Waals surface area contributed by atoms with Gasteiger partial charge in [0.05, 0.1) is 4.88 Å². The first-order chi connectivity index (χ1) is 13.5. The monoisotopic (exact) mass is 397 g/mol. The second-order valence-corrected chi connectivity index (χ2v) is 8.29. The van der Waals surface area contributed by atoms with Crippen LogP contribution in [-0.4, -0.2) is 64.6 Å². The van der Waals surface area contributed by atoms with Gasteiger partial charge in [0.2, 0.25) is 11.8 Å². The number of fused-ring (bicyclic) bond motifs is 1. The Labute approximate surface area is 168 Å². The van der Waals surface area contributed by atoms with Gasteiger partial charge in [0.1, 0.15) is 12.6 Å². The molecule has 1 aromatic heterocycles. The van der Waals surface area contributed by atoms with E-state index < -0.39 is 6.04 Å². The van der Waals surface area contributed by atoms with E-state index in [1.54, 1.807) is 14.7 Å². The van der Waals surface area contributed by atoms with Crippen LogP contribution >= 0.6 is 11.3 Å². The van der Waals surface area contributed by atoms with Gasteiger partial charge >= 0.3 is 0 Å². The van der Waals surface area contributed by atoms with E-state index in [1.165, 1.54) is 11.3 Å². The fourth-order valence-electron chi connectivity index (χ4n) is 3.95. The minimum absolute atomic E-state index is 0.0217. The van der Waals surface area contributed by atoms with Crippen LogP contribution in [0.25, 0.3) is 0 Å². The van der Waals surface area contributed by atoms with Crippen molar-refractivity contribution in [3.05, 3.63) is 57.8 Å². The Morgan fingerprint density at radius 2 is 2.00 bits per heavy atom. The van der Waals surface area contributed by atoms with Crippen molar-refractivity contribution in [1.82, 2.24) is 14.7 Å². The number of hydrogen-bond donors (Lipinski definition) is 0. The molecule has 6 nitrogen and oxygen atoms in total. The van der Waals surface area contributed by atoms with Gasteiger partial charge in [-0.25, -0.2) is 0 Å². The van der Waals surface area contributed by atoms with Crippen molar-refractivity contribution in [3.8, 4) is 0 Å². The predicted octanol–water partition coefficient (Wildman–Crippen LogP) is 2.14. The minimum atomic E-state index is -0.479. The highest BCUT2D eigenvalue weighted by Gasteiger charge is 2.41. The van der Waals surface area contributed by atoms with Crippen LogP contribution in [-0.2, 0) is 16.1 Å². The summed E-state index contributed by atoms with van der Waals surface area (Å²) in [7, 11) is 0. The molecule has 4 rings (SSSR count). The zero-order valence-electron chi connectivity index (χ0n) is 15.8. The first-order valence-corrected chi connectivity index (χ1v) is 10.4. The Balaban J connectivity index is 1.48. The van der Waals surface area contributed by atoms with Crippen LogP contribution in [0.3, 0.4) is 0 Å². The topological polar surface area (TPSA) is 60.9 Å². The van der Waals surface area contributed by atoms with Crippen molar-refractivity contribution in [2.24, 2.45) is 0 Å². The highest BCUT2D eigenvalue weighted by atomic mass is 32.1. The van der Waals surface area contributed by atoms with Gasteiger partial charge in [-0.1, -0.05) is 35.9 Å². The molecule has 28 heavy (non-hydrogen) atoms. The number of carbonyl (C=O) groups excluding carboxylic acids is 3. The molecule has 146 valence electrons. The summed E-state index contributed by atoms with van der Waals surface area (Å²) in [5.41, 5.74) is 2.16. The number of carbonyl (C=O) groups is 3. The van der Waals surface area contributed by atoms with Gasteiger partial charge in [-0.15, -0.1) is 11.3 Å². The third kappa shape index (κ3) is 3.67. The number of amides is 3. The molecule has 1 unspecified atom stereocenters. The van der Waals surface area contributed by atoms with Gasteiger partial charge in [0.15, 0.2) is 0 Å². The quantitative estimate of drug-likeness (QED) is 0.797. The summed E-state index contributed by atoms with van der Waals surface area (Å²) in [6, 6.07) is 11.2. The number of rotatable bonds is 3. The van der Waals surface area contributed by atoms with Crippen molar-refractivity contribution >= 4 is 29.1 Å². The molecule has 3 heterocycles. The van der Waals surface area contributed by atoms with E-state index in [9.17, 15) is 14.4 Å². The summed E-state index contributed by atoms with van der Waals surface area (Å²) in [6.07, 6.45) is 0.478. The zero-order chi connectivity index (χ0) is 19.7. The summed E-state index contributed by atoms with van der Waals surface area (Å²) >= 11 is 1.41. The van der Waals surface area contributed by atoms with Crippen LogP contribution in [0.4, 0.5) is 0 Å². The minimum Gasteiger partial charge on any atom is -0.336 e. The smallest absolute Gasteiger partial charge is 0.263 e. The maximum Gasteiger partial charge on any atom is 0.263 e. The summed E-state index contributed by atoms with van der Waals surface area (Å²) in [6.45, 7) is 3.90. The number of nitrogens with zero attached hydrogens (tertiary/aromatic N) is 3. The predicted molar refractivity (Wildman–Crippen MR) is 107 cm³/mol. The fourth-order valence-corrected chi connectivity index (χ4v) is 4.64. The zero-order valence-corrected chi connectivity index (χ0v) is 16.7. The standard InChI is InChI=1S/C21H23N3O3S/c1-15-4-2-5-16(12-15)13-23-14-19(25)24-10-9-22(8-7-17(24)20(23)26)21(27)18-6-3-11-28-18/h2-6,11-12,17H,7-10,13-14H2,1H3. The highest BCUT2D eigenvalue weighted by Crippen LogP contribution is 2.22. The molecule has 2 aliphatic heterocycles. The Morgan fingerprint density at radius 1 is 1.14 bits per heavy atom. The molecule has 0 saturated carbocycles. The van der Waals surface area contributed by atoms with E-state index in [1.807, 2.05) is 48.7 Å². The van der Waals surface area contributed by atoms with Crippen LogP contribution in [0.15, 0.2) is 41.8 Å². The number of piperazine rings is 1. The third-order valence-corrected chi connectivity index (χ3v) is 6.24. The van der Waals surface area contributed by atoms with Gasteiger partial charge in [-0.05, 0) is 30.4 Å². The molecule has 0 N–H and O–H groups in total. The van der Waals surface area contributed by atoms with Crippen LogP contribution in [0.5, 0.6) is 0 Å². The molecule has 0 spiro atoms. The molecule has 7 heteroatoms. The van der Waals surface area contributed by atoms with E-state index in [2.05, 4.69) is 0 Å². The molecule has 0 radical (unpaired) electrons. The van der Waals surface area contributed by atoms with E-state index in [0.717, 1.165) is 11.1 Å². The molecule has 3 amide bonds. The summed E-state index contributed by atoms with van der Waals surface area (Å²) in [4.78, 5) is 44.2. The van der Waals surface area contributed by atoms with Crippen molar-refractivity contribution in [2.75, 3.05) is 26.2 Å². The molecule has 2 fully saturated rings. The maximum absolute atomic E-state index is 13.1. The van der Waals surface area contributed by atoms with Gasteiger partial charge in [0.25, 0.3) is 5.91 Å². The molecule has 1 atom stereocenters. The van der Waals surface area contributed by atoms with Crippen LogP contribution in [0, 0.1) is 6.92 Å². The van der Waals surface area contributed by atoms with E-state index in [-0.39, 0.29) is 24.3 Å². The Hall–Kier alpha value is -2.67. The van der Waals surface area contributed by atoms with Crippen molar-refractivity contribution < 1.29 is 14.4 Å². The van der Waals surface area contributed by atoms with Crippen LogP contribution in [0.2, 0.25) is 0 Å². The Kier molecular flexibility index (Phi) is 5.17. The van der Waals surface area contributed by atoms with Crippen molar-refractivity contribution in [1.29, 1.82) is 0 Å². The molecule has 2 aliphatic rings. The first kappa shape index (κ1) is 18.7. The number of aryl methyl sites for hydroxylation is 1. The molecule has 2 aromatic rings. The number of benzene rings is 1. The normalized spacial score (nSPS) is 20.2. The number of hydrogen-bond acceptors (Lipinski definition) is 4. The summed E-state index contributed by atoms with van der Waals surface area (Å²) in [5, 5.41) is 1.88. The fraction of sp³-hybridized carbons (Fsp3) is 0.381. The average Bonchev–Trinajstić information content (AvgIpc) is 3.11. The SMILES string of the molecule is Cc1cccc(CN2CC(=O)N3CCN(C(=O)c4cccs4)CCC3C2=O)c1.